The van der Waals surface area contributed by atoms with Crippen LogP contribution in [0.5, 0.6) is 0 Å². The fourth-order valence-electron chi connectivity index (χ4n) is 3.51. The van der Waals surface area contributed by atoms with E-state index in [9.17, 15) is 18.0 Å². The Kier molecular flexibility index (Phi) is 7.44. The van der Waals surface area contributed by atoms with Crippen LogP contribution in [-0.2, 0) is 14.6 Å². The van der Waals surface area contributed by atoms with Gasteiger partial charge in [-0.3, -0.25) is 9.59 Å². The molecule has 2 aromatic carbocycles. The number of carbonyl (C=O) groups is 2. The lowest BCUT2D eigenvalue weighted by Crippen LogP contribution is -2.41. The molecule has 3 aromatic rings. The normalized spacial score (nSPS) is 17.5. The van der Waals surface area contributed by atoms with Gasteiger partial charge in [0.25, 0.3) is 11.8 Å². The fraction of sp³-hybridized carbons (Fsp3) is 0.160. The van der Waals surface area contributed by atoms with Crippen molar-refractivity contribution in [1.82, 2.24) is 15.6 Å². The summed E-state index contributed by atoms with van der Waals surface area (Å²) in [7, 11) is -3.19. The maximum atomic E-state index is 13.5. The second-order valence-electron chi connectivity index (χ2n) is 7.73. The van der Waals surface area contributed by atoms with Crippen LogP contribution in [0.15, 0.2) is 95.8 Å². The molecule has 0 radical (unpaired) electrons. The van der Waals surface area contributed by atoms with E-state index in [4.69, 9.17) is 0 Å². The van der Waals surface area contributed by atoms with E-state index in [2.05, 4.69) is 15.6 Å². The molecule has 1 aliphatic heterocycles. The molecule has 7 nitrogen and oxygen atoms in total. The summed E-state index contributed by atoms with van der Waals surface area (Å²) in [6.45, 7) is 0. The Hall–Kier alpha value is -3.43. The van der Waals surface area contributed by atoms with Gasteiger partial charge in [-0.1, -0.05) is 66.4 Å². The zero-order chi connectivity index (χ0) is 24.0. The number of rotatable bonds is 7. The van der Waals surface area contributed by atoms with Crippen LogP contribution < -0.4 is 10.6 Å². The third-order valence-corrected chi connectivity index (χ3v) is 8.04. The van der Waals surface area contributed by atoms with Crippen molar-refractivity contribution in [3.8, 4) is 0 Å². The molecule has 2 amide bonds. The summed E-state index contributed by atoms with van der Waals surface area (Å²) in [5, 5.41) is 6.22. The van der Waals surface area contributed by atoms with E-state index in [1.165, 1.54) is 11.8 Å². The number of benzene rings is 2. The van der Waals surface area contributed by atoms with Crippen LogP contribution in [-0.4, -0.2) is 42.8 Å². The molecule has 1 aromatic heterocycles. The molecular formula is C25H23N3O4S2. The molecule has 1 fully saturated rings. The number of sulfone groups is 1. The van der Waals surface area contributed by atoms with Gasteiger partial charge < -0.3 is 10.6 Å². The molecule has 2 N–H and O–H groups in total. The molecule has 0 bridgehead atoms. The van der Waals surface area contributed by atoms with Gasteiger partial charge in [0, 0.05) is 17.8 Å². The van der Waals surface area contributed by atoms with Crippen molar-refractivity contribution < 1.29 is 18.0 Å². The van der Waals surface area contributed by atoms with E-state index in [1.54, 1.807) is 42.6 Å². The number of pyridine rings is 1. The second kappa shape index (κ2) is 10.7. The first kappa shape index (κ1) is 23.7. The number of nitrogens with one attached hydrogen (secondary N) is 2. The minimum atomic E-state index is -3.19. The predicted octanol–water partition coefficient (Wildman–Crippen LogP) is 3.28. The Balaban J connectivity index is 1.76. The maximum absolute atomic E-state index is 13.5. The van der Waals surface area contributed by atoms with E-state index in [0.29, 0.717) is 21.9 Å². The summed E-state index contributed by atoms with van der Waals surface area (Å²) in [5.74, 6) is -1.08. The van der Waals surface area contributed by atoms with Crippen molar-refractivity contribution in [3.05, 3.63) is 102 Å². The molecular weight excluding hydrogens is 470 g/mol. The number of nitrogens with zero attached hydrogens (tertiary/aromatic N) is 1. The average molecular weight is 494 g/mol. The molecule has 9 heteroatoms. The molecule has 1 aliphatic rings. The second-order valence-corrected chi connectivity index (χ2v) is 11.0. The maximum Gasteiger partial charge on any atom is 0.269 e. The number of hydrogen-bond acceptors (Lipinski definition) is 6. The highest BCUT2D eigenvalue weighted by Gasteiger charge is 2.31. The largest absolute Gasteiger partial charge is 0.347 e. The van der Waals surface area contributed by atoms with Gasteiger partial charge in [0.15, 0.2) is 9.84 Å². The molecule has 174 valence electrons. The first-order chi connectivity index (χ1) is 16.4. The minimum Gasteiger partial charge on any atom is -0.347 e. The number of thioether (sulfide) groups is 1. The molecule has 2 heterocycles. The van der Waals surface area contributed by atoms with Crippen LogP contribution in [0, 0.1) is 0 Å². The van der Waals surface area contributed by atoms with Crippen molar-refractivity contribution in [1.29, 1.82) is 0 Å². The third kappa shape index (κ3) is 6.12. The molecule has 1 saturated heterocycles. The molecule has 1 atom stereocenters. The highest BCUT2D eigenvalue weighted by Crippen LogP contribution is 2.35. The molecule has 0 aliphatic carbocycles. The smallest absolute Gasteiger partial charge is 0.269 e. The Morgan fingerprint density at radius 2 is 1.53 bits per heavy atom. The van der Waals surface area contributed by atoms with Crippen LogP contribution in [0.4, 0.5) is 0 Å². The summed E-state index contributed by atoms with van der Waals surface area (Å²) in [4.78, 5) is 31.4. The van der Waals surface area contributed by atoms with Gasteiger partial charge in [-0.05, 0) is 36.2 Å². The van der Waals surface area contributed by atoms with Gasteiger partial charge >= 0.3 is 0 Å². The van der Waals surface area contributed by atoms with E-state index in [-0.39, 0.29) is 17.2 Å². The van der Waals surface area contributed by atoms with Gasteiger partial charge in [0.05, 0.1) is 16.4 Å². The van der Waals surface area contributed by atoms with Gasteiger partial charge in [0.1, 0.15) is 10.7 Å². The highest BCUT2D eigenvalue weighted by molar-refractivity contribution is 8.08. The van der Waals surface area contributed by atoms with Crippen molar-refractivity contribution in [2.45, 2.75) is 17.5 Å². The standard InChI is InChI=1S/C25H23N3O4S2/c29-24(19-11-5-2-6-12-19)28-22(25(30)27-20-14-16-34(31,32)17-20)23(18-9-3-1-4-10-18)33-21-13-7-8-15-26-21/h1-13,15,20H,14,16-17H2,(H,27,30)(H,28,29). The predicted molar refractivity (Wildman–Crippen MR) is 133 cm³/mol. The number of amides is 2. The van der Waals surface area contributed by atoms with Crippen molar-refractivity contribution in [3.63, 3.8) is 0 Å². The molecule has 34 heavy (non-hydrogen) atoms. The van der Waals surface area contributed by atoms with E-state index in [0.717, 1.165) is 5.56 Å². The minimum absolute atomic E-state index is 0.0294. The molecule has 4 rings (SSSR count). The Morgan fingerprint density at radius 1 is 0.882 bits per heavy atom. The molecule has 0 spiro atoms. The summed E-state index contributed by atoms with van der Waals surface area (Å²) in [5.41, 5.74) is 1.15. The van der Waals surface area contributed by atoms with Gasteiger partial charge in [-0.15, -0.1) is 0 Å². The van der Waals surface area contributed by atoms with Crippen LogP contribution in [0.25, 0.3) is 4.91 Å². The lowest BCUT2D eigenvalue weighted by atomic mass is 10.1. The van der Waals surface area contributed by atoms with Gasteiger partial charge in [-0.2, -0.15) is 0 Å². The SMILES string of the molecule is O=C(NC1CCS(=O)(=O)C1)C(NC(=O)c1ccccc1)=C(Sc1ccccn1)c1ccccc1. The molecule has 0 saturated carbocycles. The fourth-order valence-corrected chi connectivity index (χ4v) is 6.16. The first-order valence-electron chi connectivity index (χ1n) is 10.7. The zero-order valence-electron chi connectivity index (χ0n) is 18.2. The average Bonchev–Trinajstić information content (AvgIpc) is 3.20. The summed E-state index contributed by atoms with van der Waals surface area (Å²) in [6, 6.07) is 22.7. The Labute approximate surface area is 202 Å². The quantitative estimate of drug-likeness (QED) is 0.387. The van der Waals surface area contributed by atoms with Crippen LogP contribution in [0.3, 0.4) is 0 Å². The molecule has 1 unspecified atom stereocenters. The lowest BCUT2D eigenvalue weighted by molar-refractivity contribution is -0.118. The third-order valence-electron chi connectivity index (χ3n) is 5.18. The van der Waals surface area contributed by atoms with Crippen molar-refractivity contribution in [2.75, 3.05) is 11.5 Å². The van der Waals surface area contributed by atoms with E-state index >= 15 is 0 Å². The van der Waals surface area contributed by atoms with E-state index < -0.39 is 27.7 Å². The number of hydrogen-bond donors (Lipinski definition) is 2. The zero-order valence-corrected chi connectivity index (χ0v) is 19.8. The summed E-state index contributed by atoms with van der Waals surface area (Å²) >= 11 is 1.25. The van der Waals surface area contributed by atoms with Crippen molar-refractivity contribution in [2.24, 2.45) is 0 Å². The highest BCUT2D eigenvalue weighted by atomic mass is 32.2. The van der Waals surface area contributed by atoms with Crippen LogP contribution >= 0.6 is 11.8 Å². The van der Waals surface area contributed by atoms with Crippen LogP contribution in [0.2, 0.25) is 0 Å². The summed E-state index contributed by atoms with van der Waals surface area (Å²) < 4.78 is 23.8. The summed E-state index contributed by atoms with van der Waals surface area (Å²) in [6.07, 6.45) is 1.98. The lowest BCUT2D eigenvalue weighted by Gasteiger charge is -2.18. The first-order valence-corrected chi connectivity index (χ1v) is 13.3. The number of aromatic nitrogens is 1. The van der Waals surface area contributed by atoms with Crippen molar-refractivity contribution >= 4 is 38.3 Å². The topological polar surface area (TPSA) is 105 Å². The van der Waals surface area contributed by atoms with Gasteiger partial charge in [0.2, 0.25) is 0 Å². The van der Waals surface area contributed by atoms with E-state index in [1.807, 2.05) is 42.5 Å². The Morgan fingerprint density at radius 3 is 2.12 bits per heavy atom. The monoisotopic (exact) mass is 493 g/mol. The van der Waals surface area contributed by atoms with Gasteiger partial charge in [-0.25, -0.2) is 13.4 Å². The Bertz CT molecular complexity index is 1300. The number of carbonyl (C=O) groups excluding carboxylic acids is 2. The van der Waals surface area contributed by atoms with Crippen LogP contribution in [0.1, 0.15) is 22.3 Å².